The van der Waals surface area contributed by atoms with Gasteiger partial charge in [-0.25, -0.2) is 0 Å². The molecule has 20 heavy (non-hydrogen) atoms. The van der Waals surface area contributed by atoms with Gasteiger partial charge >= 0.3 is 0 Å². The lowest BCUT2D eigenvalue weighted by atomic mass is 9.95. The fraction of sp³-hybridized carbons (Fsp3) is 0.100. The highest BCUT2D eigenvalue weighted by atomic mass is 14.2. The maximum absolute atomic E-state index is 3.42. The second-order valence-electron chi connectivity index (χ2n) is 5.35. The molecule has 0 saturated carbocycles. The smallest absolute Gasteiger partial charge is 0.000718 e. The van der Waals surface area contributed by atoms with E-state index in [9.17, 15) is 0 Å². The predicted molar refractivity (Wildman–Crippen MR) is 82.8 cm³/mol. The fourth-order valence-corrected chi connectivity index (χ4v) is 3.14. The molecule has 0 atom stereocenters. The summed E-state index contributed by atoms with van der Waals surface area (Å²) < 4.78 is 0. The first kappa shape index (κ1) is 11.5. The Kier molecular flexibility index (Phi) is 2.67. The van der Waals surface area contributed by atoms with E-state index in [2.05, 4.69) is 72.8 Å². The standard InChI is InChI=1S/C20H15/c1-2-7-15(8-3-1)13-17-10-6-11-18-14-16-9-4-5-12-19(16)20(17)18/h1-10,12H,13-14H2. The van der Waals surface area contributed by atoms with Crippen molar-refractivity contribution in [1.29, 1.82) is 0 Å². The number of hydrogen-bond donors (Lipinski definition) is 0. The van der Waals surface area contributed by atoms with Crippen LogP contribution in [0.5, 0.6) is 0 Å². The molecule has 0 heteroatoms. The maximum Gasteiger partial charge on any atom is -0.000718 e. The van der Waals surface area contributed by atoms with Crippen LogP contribution in [0.2, 0.25) is 0 Å². The van der Waals surface area contributed by atoms with E-state index in [4.69, 9.17) is 0 Å². The van der Waals surface area contributed by atoms with Crippen LogP contribution < -0.4 is 0 Å². The van der Waals surface area contributed by atoms with Gasteiger partial charge in [-0.15, -0.1) is 0 Å². The maximum atomic E-state index is 3.42. The summed E-state index contributed by atoms with van der Waals surface area (Å²) in [5, 5.41) is 0. The first-order valence-electron chi connectivity index (χ1n) is 7.06. The van der Waals surface area contributed by atoms with E-state index in [0.29, 0.717) is 0 Å². The SMILES string of the molecule is [c]1ccc(Cc2ccccc2)c2c1Cc1ccccc1-2. The minimum Gasteiger partial charge on any atom is -0.0622 e. The van der Waals surface area contributed by atoms with Gasteiger partial charge in [0.2, 0.25) is 0 Å². The van der Waals surface area contributed by atoms with Crippen LogP contribution in [0.4, 0.5) is 0 Å². The van der Waals surface area contributed by atoms with Gasteiger partial charge in [0.1, 0.15) is 0 Å². The molecule has 0 amide bonds. The van der Waals surface area contributed by atoms with Gasteiger partial charge in [-0.3, -0.25) is 0 Å². The number of benzene rings is 3. The van der Waals surface area contributed by atoms with Crippen molar-refractivity contribution in [2.75, 3.05) is 0 Å². The molecule has 0 bridgehead atoms. The molecule has 1 aliphatic rings. The van der Waals surface area contributed by atoms with Crippen molar-refractivity contribution in [3.05, 3.63) is 95.1 Å². The van der Waals surface area contributed by atoms with Crippen LogP contribution in [0.25, 0.3) is 11.1 Å². The van der Waals surface area contributed by atoms with E-state index < -0.39 is 0 Å². The average Bonchev–Trinajstić information content (AvgIpc) is 2.88. The molecule has 0 saturated heterocycles. The average molecular weight is 255 g/mol. The zero-order valence-electron chi connectivity index (χ0n) is 11.3. The van der Waals surface area contributed by atoms with Crippen LogP contribution in [0, 0.1) is 6.07 Å². The molecule has 1 aliphatic carbocycles. The normalized spacial score (nSPS) is 12.0. The second kappa shape index (κ2) is 4.64. The van der Waals surface area contributed by atoms with Gasteiger partial charge in [0.25, 0.3) is 0 Å². The van der Waals surface area contributed by atoms with Gasteiger partial charge in [0, 0.05) is 0 Å². The van der Waals surface area contributed by atoms with Crippen LogP contribution in [0.1, 0.15) is 22.3 Å². The molecule has 0 unspecified atom stereocenters. The lowest BCUT2D eigenvalue weighted by molar-refractivity contribution is 1.18. The summed E-state index contributed by atoms with van der Waals surface area (Å²) in [4.78, 5) is 0. The highest BCUT2D eigenvalue weighted by Crippen LogP contribution is 2.39. The molecule has 0 fully saturated rings. The van der Waals surface area contributed by atoms with Crippen LogP contribution in [0.15, 0.2) is 66.7 Å². The van der Waals surface area contributed by atoms with Gasteiger partial charge in [0.05, 0.1) is 0 Å². The van der Waals surface area contributed by atoms with Crippen molar-refractivity contribution in [3.8, 4) is 11.1 Å². The summed E-state index contributed by atoms with van der Waals surface area (Å²) >= 11 is 0. The lowest BCUT2D eigenvalue weighted by Gasteiger charge is -2.09. The van der Waals surface area contributed by atoms with Crippen molar-refractivity contribution < 1.29 is 0 Å². The third kappa shape index (κ3) is 1.85. The molecule has 0 nitrogen and oxygen atoms in total. The van der Waals surface area contributed by atoms with Gasteiger partial charge in [-0.05, 0) is 52.3 Å². The molecule has 0 aromatic heterocycles. The topological polar surface area (TPSA) is 0 Å². The third-order valence-corrected chi connectivity index (χ3v) is 4.06. The second-order valence-corrected chi connectivity index (χ2v) is 5.35. The highest BCUT2D eigenvalue weighted by Gasteiger charge is 2.20. The van der Waals surface area contributed by atoms with E-state index in [1.807, 2.05) is 0 Å². The Morgan fingerprint density at radius 2 is 1.65 bits per heavy atom. The number of hydrogen-bond acceptors (Lipinski definition) is 0. The predicted octanol–water partition coefficient (Wildman–Crippen LogP) is 4.65. The summed E-state index contributed by atoms with van der Waals surface area (Å²) in [6.45, 7) is 0. The molecular weight excluding hydrogens is 240 g/mol. The van der Waals surface area contributed by atoms with Gasteiger partial charge < -0.3 is 0 Å². The summed E-state index contributed by atoms with van der Waals surface area (Å²) in [5.41, 5.74) is 8.36. The lowest BCUT2D eigenvalue weighted by Crippen LogP contribution is -1.92. The molecule has 4 rings (SSSR count). The Balaban J connectivity index is 1.83. The number of rotatable bonds is 2. The van der Waals surface area contributed by atoms with E-state index in [0.717, 1.165) is 12.8 Å². The Morgan fingerprint density at radius 3 is 2.55 bits per heavy atom. The number of fused-ring (bicyclic) bond motifs is 3. The third-order valence-electron chi connectivity index (χ3n) is 4.06. The van der Waals surface area contributed by atoms with Gasteiger partial charge in [-0.1, -0.05) is 66.7 Å². The monoisotopic (exact) mass is 255 g/mol. The Hall–Kier alpha value is -2.34. The van der Waals surface area contributed by atoms with Crippen LogP contribution >= 0.6 is 0 Å². The van der Waals surface area contributed by atoms with Crippen molar-refractivity contribution in [2.45, 2.75) is 12.8 Å². The quantitative estimate of drug-likeness (QED) is 0.489. The molecule has 0 heterocycles. The van der Waals surface area contributed by atoms with Crippen LogP contribution in [0.3, 0.4) is 0 Å². The molecule has 3 aromatic carbocycles. The largest absolute Gasteiger partial charge is 0.0622 e. The summed E-state index contributed by atoms with van der Waals surface area (Å²) in [6, 6.07) is 27.1. The molecule has 1 radical (unpaired) electrons. The van der Waals surface area contributed by atoms with E-state index >= 15 is 0 Å². The zero-order valence-corrected chi connectivity index (χ0v) is 11.3. The first-order chi connectivity index (χ1) is 9.92. The van der Waals surface area contributed by atoms with E-state index in [1.54, 1.807) is 0 Å². The summed E-state index contributed by atoms with van der Waals surface area (Å²) in [5.74, 6) is 0. The van der Waals surface area contributed by atoms with E-state index in [-0.39, 0.29) is 0 Å². The van der Waals surface area contributed by atoms with Crippen LogP contribution in [-0.4, -0.2) is 0 Å². The van der Waals surface area contributed by atoms with Crippen molar-refractivity contribution in [3.63, 3.8) is 0 Å². The molecular formula is C20H15. The van der Waals surface area contributed by atoms with Crippen molar-refractivity contribution in [2.24, 2.45) is 0 Å². The molecule has 0 N–H and O–H groups in total. The Bertz CT molecular complexity index is 754. The molecule has 3 aromatic rings. The van der Waals surface area contributed by atoms with Crippen LogP contribution in [-0.2, 0) is 12.8 Å². The van der Waals surface area contributed by atoms with Crippen molar-refractivity contribution >= 4 is 0 Å². The van der Waals surface area contributed by atoms with Crippen molar-refractivity contribution in [1.82, 2.24) is 0 Å². The van der Waals surface area contributed by atoms with E-state index in [1.165, 1.54) is 33.4 Å². The first-order valence-corrected chi connectivity index (χ1v) is 7.06. The molecule has 0 aliphatic heterocycles. The van der Waals surface area contributed by atoms with Gasteiger partial charge in [0.15, 0.2) is 0 Å². The summed E-state index contributed by atoms with van der Waals surface area (Å²) in [7, 11) is 0. The summed E-state index contributed by atoms with van der Waals surface area (Å²) in [6.07, 6.45) is 2.01. The molecule has 0 spiro atoms. The minimum atomic E-state index is 0.992. The fourth-order valence-electron chi connectivity index (χ4n) is 3.14. The van der Waals surface area contributed by atoms with Gasteiger partial charge in [-0.2, -0.15) is 0 Å². The highest BCUT2D eigenvalue weighted by molar-refractivity contribution is 5.79. The molecule has 95 valence electrons. The Labute approximate surface area is 119 Å². The minimum absolute atomic E-state index is 0.992. The Morgan fingerprint density at radius 1 is 0.850 bits per heavy atom. The zero-order chi connectivity index (χ0) is 13.4.